The number of halogens is 2. The molecule has 1 heterocycles. The number of rotatable bonds is 3. The number of carboxylic acids is 1. The average Bonchev–Trinajstić information content (AvgIpc) is 2.57. The van der Waals surface area contributed by atoms with Gasteiger partial charge in [0, 0.05) is 11.0 Å². The van der Waals surface area contributed by atoms with E-state index in [1.807, 2.05) is 24.3 Å². The molecule has 2 aromatic rings. The first kappa shape index (κ1) is 17.4. The van der Waals surface area contributed by atoms with Crippen molar-refractivity contribution >= 4 is 33.6 Å². The molecule has 0 radical (unpaired) electrons. The van der Waals surface area contributed by atoms with E-state index < -0.39 is 23.9 Å². The van der Waals surface area contributed by atoms with Crippen molar-refractivity contribution in [3.63, 3.8) is 0 Å². The number of hydrogen-bond donors (Lipinski definition) is 2. The van der Waals surface area contributed by atoms with E-state index in [0.29, 0.717) is 17.4 Å². The zero-order valence-electron chi connectivity index (χ0n) is 13.2. The largest absolute Gasteiger partial charge is 0.481 e. The Morgan fingerprint density at radius 2 is 2.04 bits per heavy atom. The number of carbonyl (C=O) groups excluding carboxylic acids is 1. The third-order valence-electron chi connectivity index (χ3n) is 4.21. The van der Waals surface area contributed by atoms with Crippen LogP contribution in [-0.2, 0) is 11.2 Å². The van der Waals surface area contributed by atoms with E-state index in [1.54, 1.807) is 6.07 Å². The number of aliphatic carboxylic acids is 1. The maximum absolute atomic E-state index is 14.0. The highest BCUT2D eigenvalue weighted by Crippen LogP contribution is 2.33. The lowest BCUT2D eigenvalue weighted by molar-refractivity contribution is -0.138. The zero-order chi connectivity index (χ0) is 18.0. The van der Waals surface area contributed by atoms with Gasteiger partial charge in [-0.1, -0.05) is 40.2 Å². The van der Waals surface area contributed by atoms with Gasteiger partial charge in [-0.3, -0.25) is 4.79 Å². The molecule has 3 rings (SSSR count). The molecule has 7 heteroatoms. The van der Waals surface area contributed by atoms with Gasteiger partial charge in [0.1, 0.15) is 5.82 Å². The molecule has 2 aromatic carbocycles. The Balaban J connectivity index is 1.86. The summed E-state index contributed by atoms with van der Waals surface area (Å²) < 4.78 is 14.5. The van der Waals surface area contributed by atoms with Crippen molar-refractivity contribution in [2.45, 2.75) is 18.9 Å². The lowest BCUT2D eigenvalue weighted by atomic mass is 9.91. The second kappa shape index (κ2) is 7.23. The first-order valence-electron chi connectivity index (χ1n) is 7.78. The molecule has 0 saturated carbocycles. The monoisotopic (exact) mass is 406 g/mol. The van der Waals surface area contributed by atoms with Crippen LogP contribution < -0.4 is 5.32 Å². The van der Waals surface area contributed by atoms with Crippen molar-refractivity contribution in [2.75, 3.05) is 11.9 Å². The third-order valence-corrected chi connectivity index (χ3v) is 4.71. The molecule has 0 aliphatic carbocycles. The molecular weight excluding hydrogens is 391 g/mol. The first-order valence-corrected chi connectivity index (χ1v) is 8.57. The predicted octanol–water partition coefficient (Wildman–Crippen LogP) is 4.19. The van der Waals surface area contributed by atoms with Crippen molar-refractivity contribution < 1.29 is 19.1 Å². The van der Waals surface area contributed by atoms with Gasteiger partial charge in [0.2, 0.25) is 0 Å². The number of carbonyl (C=O) groups is 2. The van der Waals surface area contributed by atoms with Gasteiger partial charge in [0.25, 0.3) is 0 Å². The fourth-order valence-electron chi connectivity index (χ4n) is 3.06. The fraction of sp³-hybridized carbons (Fsp3) is 0.222. The van der Waals surface area contributed by atoms with E-state index >= 15 is 0 Å². The highest BCUT2D eigenvalue weighted by Gasteiger charge is 2.32. The molecule has 0 fully saturated rings. The normalized spacial score (nSPS) is 16.2. The molecule has 0 spiro atoms. The van der Waals surface area contributed by atoms with Gasteiger partial charge in [-0.05, 0) is 35.7 Å². The fourth-order valence-corrected chi connectivity index (χ4v) is 3.39. The lowest BCUT2D eigenvalue weighted by Crippen LogP contribution is -2.43. The van der Waals surface area contributed by atoms with Crippen LogP contribution in [0.3, 0.4) is 0 Å². The number of urea groups is 1. The Bertz CT molecular complexity index is 828. The van der Waals surface area contributed by atoms with Crippen LogP contribution in [0.15, 0.2) is 46.9 Å². The van der Waals surface area contributed by atoms with E-state index in [4.69, 9.17) is 0 Å². The molecule has 0 bridgehead atoms. The topological polar surface area (TPSA) is 69.6 Å². The molecule has 2 amide bonds. The quantitative estimate of drug-likeness (QED) is 0.802. The summed E-state index contributed by atoms with van der Waals surface area (Å²) in [5.41, 5.74) is 1.91. The summed E-state index contributed by atoms with van der Waals surface area (Å²) >= 11 is 3.17. The summed E-state index contributed by atoms with van der Waals surface area (Å²) in [5.74, 6) is -1.55. The number of anilines is 1. The Labute approximate surface area is 152 Å². The maximum Gasteiger partial charge on any atom is 0.322 e. The smallest absolute Gasteiger partial charge is 0.322 e. The molecule has 25 heavy (non-hydrogen) atoms. The standard InChI is InChI=1S/C18H16BrFN2O3/c19-12-5-6-15(14(20)9-12)21-18(25)22-8-7-11-3-1-2-4-13(11)16(22)10-17(23)24/h1-6,9,16H,7-8,10H2,(H,21,25)(H,23,24)/t16-/m1/s1. The molecule has 1 aliphatic rings. The minimum Gasteiger partial charge on any atom is -0.481 e. The van der Waals surface area contributed by atoms with E-state index in [9.17, 15) is 19.1 Å². The van der Waals surface area contributed by atoms with E-state index in [2.05, 4.69) is 21.2 Å². The van der Waals surface area contributed by atoms with E-state index in [1.165, 1.54) is 17.0 Å². The Morgan fingerprint density at radius 3 is 2.76 bits per heavy atom. The first-order chi connectivity index (χ1) is 12.0. The van der Waals surface area contributed by atoms with Gasteiger partial charge in [-0.2, -0.15) is 0 Å². The molecule has 5 nitrogen and oxygen atoms in total. The van der Waals surface area contributed by atoms with Crippen LogP contribution in [0.2, 0.25) is 0 Å². The summed E-state index contributed by atoms with van der Waals surface area (Å²) in [6, 6.07) is 10.7. The summed E-state index contributed by atoms with van der Waals surface area (Å²) in [7, 11) is 0. The minimum absolute atomic E-state index is 0.0566. The molecule has 130 valence electrons. The SMILES string of the molecule is O=C(O)C[C@@H]1c2ccccc2CCN1C(=O)Nc1ccc(Br)cc1F. The summed E-state index contributed by atoms with van der Waals surface area (Å²) in [4.78, 5) is 25.4. The summed E-state index contributed by atoms with van der Waals surface area (Å²) in [5, 5.41) is 11.8. The molecule has 0 saturated heterocycles. The predicted molar refractivity (Wildman–Crippen MR) is 95.0 cm³/mol. The van der Waals surface area contributed by atoms with Crippen molar-refractivity contribution in [1.29, 1.82) is 0 Å². The Hall–Kier alpha value is -2.41. The maximum atomic E-state index is 14.0. The van der Waals surface area contributed by atoms with Crippen LogP contribution in [0.1, 0.15) is 23.6 Å². The van der Waals surface area contributed by atoms with Crippen LogP contribution in [-0.4, -0.2) is 28.6 Å². The number of hydrogen-bond acceptors (Lipinski definition) is 2. The van der Waals surface area contributed by atoms with Crippen LogP contribution in [0.4, 0.5) is 14.9 Å². The van der Waals surface area contributed by atoms with Gasteiger partial charge in [0.05, 0.1) is 18.2 Å². The number of fused-ring (bicyclic) bond motifs is 1. The number of amides is 2. The highest BCUT2D eigenvalue weighted by atomic mass is 79.9. The van der Waals surface area contributed by atoms with Crippen molar-refractivity contribution in [3.8, 4) is 0 Å². The highest BCUT2D eigenvalue weighted by molar-refractivity contribution is 9.10. The summed E-state index contributed by atoms with van der Waals surface area (Å²) in [6.45, 7) is 0.374. The Morgan fingerprint density at radius 1 is 1.28 bits per heavy atom. The van der Waals surface area contributed by atoms with Crippen molar-refractivity contribution in [1.82, 2.24) is 4.90 Å². The van der Waals surface area contributed by atoms with Gasteiger partial charge in [0.15, 0.2) is 0 Å². The van der Waals surface area contributed by atoms with Crippen LogP contribution in [0, 0.1) is 5.82 Å². The molecule has 1 atom stereocenters. The number of carboxylic acid groups (broad SMARTS) is 1. The summed E-state index contributed by atoms with van der Waals surface area (Å²) in [6.07, 6.45) is 0.426. The van der Waals surface area contributed by atoms with Crippen molar-refractivity contribution in [2.24, 2.45) is 0 Å². The molecule has 0 aromatic heterocycles. The zero-order valence-corrected chi connectivity index (χ0v) is 14.8. The molecule has 1 aliphatic heterocycles. The van der Waals surface area contributed by atoms with Gasteiger partial charge >= 0.3 is 12.0 Å². The molecule has 0 unspecified atom stereocenters. The van der Waals surface area contributed by atoms with Gasteiger partial charge < -0.3 is 15.3 Å². The van der Waals surface area contributed by atoms with Crippen LogP contribution in [0.25, 0.3) is 0 Å². The number of nitrogens with one attached hydrogen (secondary N) is 1. The second-order valence-corrected chi connectivity index (χ2v) is 6.73. The second-order valence-electron chi connectivity index (χ2n) is 5.81. The average molecular weight is 407 g/mol. The van der Waals surface area contributed by atoms with E-state index in [-0.39, 0.29) is 12.1 Å². The van der Waals surface area contributed by atoms with Crippen LogP contribution in [0.5, 0.6) is 0 Å². The third kappa shape index (κ3) is 3.82. The van der Waals surface area contributed by atoms with E-state index in [0.717, 1.165) is 11.1 Å². The number of benzene rings is 2. The lowest BCUT2D eigenvalue weighted by Gasteiger charge is -2.36. The molecular formula is C18H16BrFN2O3. The Kier molecular flexibility index (Phi) is 5.03. The van der Waals surface area contributed by atoms with Gasteiger partial charge in [-0.15, -0.1) is 0 Å². The number of nitrogens with zero attached hydrogens (tertiary/aromatic N) is 1. The van der Waals surface area contributed by atoms with Crippen LogP contribution >= 0.6 is 15.9 Å². The van der Waals surface area contributed by atoms with Gasteiger partial charge in [-0.25, -0.2) is 9.18 Å². The van der Waals surface area contributed by atoms with Crippen molar-refractivity contribution in [3.05, 3.63) is 63.9 Å². The minimum atomic E-state index is -0.991. The molecule has 2 N–H and O–H groups in total.